The molecule has 334 valence electrons. The van der Waals surface area contributed by atoms with Gasteiger partial charge in [0.05, 0.1) is 12.8 Å². The second-order valence-electron chi connectivity index (χ2n) is 14.8. The number of benzene rings is 2. The van der Waals surface area contributed by atoms with Crippen molar-refractivity contribution in [1.82, 2.24) is 31.9 Å². The Morgan fingerprint density at radius 1 is 0.541 bits per heavy atom. The lowest BCUT2D eigenvalue weighted by Gasteiger charge is -2.27. The number of rotatable bonds is 26. The van der Waals surface area contributed by atoms with Gasteiger partial charge in [-0.05, 0) is 73.5 Å². The number of hydrogen-bond acceptors (Lipinski definition) is 12. The molecule has 0 spiro atoms. The molecule has 0 radical (unpaired) electrons. The number of nitrogens with one attached hydrogen (secondary N) is 6. The Labute approximate surface area is 351 Å². The summed E-state index contributed by atoms with van der Waals surface area (Å²) in [4.78, 5) is 116. The van der Waals surface area contributed by atoms with E-state index < -0.39 is 102 Å². The van der Waals surface area contributed by atoms with Gasteiger partial charge in [0, 0.05) is 19.8 Å². The molecule has 0 aliphatic heterocycles. The van der Waals surface area contributed by atoms with E-state index in [2.05, 4.69) is 31.9 Å². The van der Waals surface area contributed by atoms with E-state index in [0.717, 1.165) is 6.92 Å². The smallest absolute Gasteiger partial charge is 0.305 e. The van der Waals surface area contributed by atoms with E-state index in [1.807, 2.05) is 13.8 Å². The van der Waals surface area contributed by atoms with E-state index in [0.29, 0.717) is 24.0 Å². The minimum Gasteiger partial charge on any atom is -0.508 e. The maximum Gasteiger partial charge on any atom is 0.305 e. The van der Waals surface area contributed by atoms with Gasteiger partial charge in [-0.2, -0.15) is 0 Å². The fourth-order valence-corrected chi connectivity index (χ4v) is 6.01. The Balaban J connectivity index is 2.54. The highest BCUT2D eigenvalue weighted by atomic mass is 16.4. The van der Waals surface area contributed by atoms with Crippen LogP contribution in [0.25, 0.3) is 0 Å². The highest BCUT2D eigenvalue weighted by Gasteiger charge is 2.34. The molecule has 6 atom stereocenters. The number of nitrogens with two attached hydrogens (primary N) is 2. The molecule has 2 aromatic carbocycles. The van der Waals surface area contributed by atoms with E-state index in [-0.39, 0.29) is 49.6 Å². The molecule has 21 nitrogen and oxygen atoms in total. The van der Waals surface area contributed by atoms with Gasteiger partial charge in [0.25, 0.3) is 0 Å². The number of phenols is 2. The summed E-state index contributed by atoms with van der Waals surface area (Å²) in [6, 6.07) is 2.08. The zero-order valence-electron chi connectivity index (χ0n) is 34.1. The maximum atomic E-state index is 14.2. The molecule has 7 amide bonds. The van der Waals surface area contributed by atoms with Gasteiger partial charge in [0.2, 0.25) is 41.4 Å². The molecule has 14 N–H and O–H groups in total. The van der Waals surface area contributed by atoms with Crippen LogP contribution in [0.5, 0.6) is 11.5 Å². The van der Waals surface area contributed by atoms with Crippen molar-refractivity contribution in [3.63, 3.8) is 0 Å². The van der Waals surface area contributed by atoms with Crippen molar-refractivity contribution < 1.29 is 63.6 Å². The second-order valence-corrected chi connectivity index (χ2v) is 14.8. The van der Waals surface area contributed by atoms with E-state index in [1.54, 1.807) is 0 Å². The number of carboxylic acid groups (broad SMARTS) is 2. The van der Waals surface area contributed by atoms with Crippen LogP contribution in [0.15, 0.2) is 48.5 Å². The molecule has 2 aromatic rings. The second kappa shape index (κ2) is 25.0. The van der Waals surface area contributed by atoms with Crippen molar-refractivity contribution in [2.75, 3.05) is 6.54 Å². The topological polar surface area (TPSA) is 359 Å². The molecule has 0 aliphatic rings. The predicted octanol–water partition coefficient (Wildman–Crippen LogP) is -1.58. The highest BCUT2D eigenvalue weighted by molar-refractivity contribution is 5.98. The largest absolute Gasteiger partial charge is 0.508 e. The van der Waals surface area contributed by atoms with Gasteiger partial charge in [-0.15, -0.1) is 0 Å². The van der Waals surface area contributed by atoms with Gasteiger partial charge in [-0.3, -0.25) is 43.2 Å². The standard InChI is InChI=1S/C40H56N8O13/c1-21(2)16-28(35(42)56)45-36(57)27(6-4-5-15-41)44-37(58)29(17-23-7-11-25(50)12-8-23)46-38(59)30(18-24-9-13-26(51)14-10-24)47-40(61)32(20-34(54)55)48-39(60)31(19-33(52)53)43-22(3)49/h7-14,21,27-32,50-51H,4-6,15-20,41H2,1-3H3,(H2,42,56)(H,43,49)(H,44,58)(H,45,57)(H,46,59)(H,47,61)(H,48,60)(H,52,53)(H,54,55)/t27-,28-,29-,30-,31-,32-/m0/s1. The highest BCUT2D eigenvalue weighted by Crippen LogP contribution is 2.15. The van der Waals surface area contributed by atoms with Gasteiger partial charge < -0.3 is 63.8 Å². The molecule has 21 heteroatoms. The fraction of sp³-hybridized carbons (Fsp3) is 0.475. The van der Waals surface area contributed by atoms with Gasteiger partial charge in [-0.25, -0.2) is 0 Å². The first kappa shape index (κ1) is 50.4. The number of aliphatic carboxylic acids is 2. The summed E-state index contributed by atoms with van der Waals surface area (Å²) in [6.45, 7) is 4.94. The molecule has 0 saturated carbocycles. The number of carbonyl (C=O) groups excluding carboxylic acids is 7. The lowest BCUT2D eigenvalue weighted by molar-refractivity contribution is -0.143. The lowest BCUT2D eigenvalue weighted by Crippen LogP contribution is -2.60. The predicted molar refractivity (Wildman–Crippen MR) is 217 cm³/mol. The van der Waals surface area contributed by atoms with Crippen molar-refractivity contribution >= 4 is 53.3 Å². The Kier molecular flexibility index (Phi) is 20.6. The van der Waals surface area contributed by atoms with Crippen LogP contribution < -0.4 is 43.4 Å². The minimum atomic E-state index is -1.91. The Hall–Kier alpha value is -6.77. The first-order valence-corrected chi connectivity index (χ1v) is 19.5. The van der Waals surface area contributed by atoms with Crippen LogP contribution in [-0.4, -0.2) is 117 Å². The molecule has 0 heterocycles. The van der Waals surface area contributed by atoms with Crippen LogP contribution in [0.4, 0.5) is 0 Å². The van der Waals surface area contributed by atoms with E-state index in [4.69, 9.17) is 11.5 Å². The third kappa shape index (κ3) is 18.8. The molecular weight excluding hydrogens is 800 g/mol. The number of amides is 7. The third-order valence-electron chi connectivity index (χ3n) is 9.05. The molecule has 0 bridgehead atoms. The Bertz CT molecular complexity index is 1840. The summed E-state index contributed by atoms with van der Waals surface area (Å²) in [5.74, 6) is -9.92. The zero-order chi connectivity index (χ0) is 45.8. The van der Waals surface area contributed by atoms with Crippen LogP contribution in [0.1, 0.15) is 70.4 Å². The summed E-state index contributed by atoms with van der Waals surface area (Å²) in [5, 5.41) is 53.0. The summed E-state index contributed by atoms with van der Waals surface area (Å²) < 4.78 is 0. The molecule has 0 aliphatic carbocycles. The number of aromatic hydroxyl groups is 2. The summed E-state index contributed by atoms with van der Waals surface area (Å²) in [5.41, 5.74) is 12.0. The summed E-state index contributed by atoms with van der Waals surface area (Å²) >= 11 is 0. The van der Waals surface area contributed by atoms with Crippen molar-refractivity contribution in [3.8, 4) is 11.5 Å². The first-order chi connectivity index (χ1) is 28.7. The van der Waals surface area contributed by atoms with Crippen molar-refractivity contribution in [2.24, 2.45) is 17.4 Å². The van der Waals surface area contributed by atoms with Gasteiger partial charge in [0.1, 0.15) is 47.8 Å². The molecule has 61 heavy (non-hydrogen) atoms. The molecule has 2 rings (SSSR count). The van der Waals surface area contributed by atoms with Crippen LogP contribution >= 0.6 is 0 Å². The Morgan fingerprint density at radius 3 is 1.28 bits per heavy atom. The third-order valence-corrected chi connectivity index (χ3v) is 9.05. The monoisotopic (exact) mass is 856 g/mol. The van der Waals surface area contributed by atoms with Gasteiger partial charge in [0.15, 0.2) is 0 Å². The average molecular weight is 857 g/mol. The first-order valence-electron chi connectivity index (χ1n) is 19.5. The van der Waals surface area contributed by atoms with E-state index in [1.165, 1.54) is 48.5 Å². The maximum absolute atomic E-state index is 14.2. The van der Waals surface area contributed by atoms with Gasteiger partial charge >= 0.3 is 11.9 Å². The van der Waals surface area contributed by atoms with Gasteiger partial charge in [-0.1, -0.05) is 38.1 Å². The summed E-state index contributed by atoms with van der Waals surface area (Å²) in [7, 11) is 0. The zero-order valence-corrected chi connectivity index (χ0v) is 34.1. The molecule has 0 saturated heterocycles. The average Bonchev–Trinajstić information content (AvgIpc) is 3.16. The van der Waals surface area contributed by atoms with Crippen LogP contribution in [0, 0.1) is 5.92 Å². The van der Waals surface area contributed by atoms with E-state index in [9.17, 15) is 63.6 Å². The number of unbranched alkanes of at least 4 members (excludes halogenated alkanes) is 1. The number of carboxylic acids is 2. The normalized spacial score (nSPS) is 13.9. The number of hydrogen-bond donors (Lipinski definition) is 12. The number of carbonyl (C=O) groups is 9. The lowest BCUT2D eigenvalue weighted by atomic mass is 10.0. The summed E-state index contributed by atoms with van der Waals surface area (Å²) in [6.07, 6.45) is -1.35. The fourth-order valence-electron chi connectivity index (χ4n) is 6.01. The molecular formula is C40H56N8O13. The molecule has 0 unspecified atom stereocenters. The molecule has 0 fully saturated rings. The number of primary amides is 1. The van der Waals surface area contributed by atoms with Crippen molar-refractivity contribution in [3.05, 3.63) is 59.7 Å². The molecule has 0 aromatic heterocycles. The van der Waals surface area contributed by atoms with Crippen LogP contribution in [-0.2, 0) is 56.0 Å². The number of phenolic OH excluding ortho intramolecular Hbond substituents is 2. The van der Waals surface area contributed by atoms with Crippen molar-refractivity contribution in [2.45, 2.75) is 108 Å². The Morgan fingerprint density at radius 2 is 0.902 bits per heavy atom. The van der Waals surface area contributed by atoms with Crippen molar-refractivity contribution in [1.29, 1.82) is 0 Å². The van der Waals surface area contributed by atoms with E-state index >= 15 is 0 Å². The SMILES string of the molecule is CC(=O)N[C@@H](CC(=O)O)C(=O)N[C@@H](CC(=O)O)C(=O)N[C@@H](Cc1ccc(O)cc1)C(=O)N[C@@H](Cc1ccc(O)cc1)C(=O)N[C@@H](CCCCN)C(=O)N[C@@H](CC(C)C)C(N)=O. The minimum absolute atomic E-state index is 0.0312. The van der Waals surface area contributed by atoms with Crippen LogP contribution in [0.2, 0.25) is 0 Å². The quantitative estimate of drug-likeness (QED) is 0.0476. The van der Waals surface area contributed by atoms with Crippen LogP contribution in [0.3, 0.4) is 0 Å².